The Balaban J connectivity index is 2.33. The summed E-state index contributed by atoms with van der Waals surface area (Å²) in [5, 5.41) is 2.85. The van der Waals surface area contributed by atoms with E-state index in [-0.39, 0.29) is 6.04 Å². The summed E-state index contributed by atoms with van der Waals surface area (Å²) in [6.45, 7) is 2.15. The van der Waals surface area contributed by atoms with Crippen LogP contribution in [0.15, 0.2) is 30.3 Å². The maximum Gasteiger partial charge on any atom is 0.0298 e. The Hall–Kier alpha value is -1.34. The molecule has 1 nitrogen and oxygen atoms in total. The van der Waals surface area contributed by atoms with Crippen molar-refractivity contribution >= 4 is 10.8 Å². The van der Waals surface area contributed by atoms with E-state index in [0.717, 1.165) is 6.42 Å². The summed E-state index contributed by atoms with van der Waals surface area (Å²) in [4.78, 5) is 0. The molecule has 0 aromatic heterocycles. The lowest BCUT2D eigenvalue weighted by Crippen LogP contribution is -2.09. The van der Waals surface area contributed by atoms with Crippen LogP contribution in [0.4, 0.5) is 0 Å². The molecule has 0 spiro atoms. The van der Waals surface area contributed by atoms with E-state index in [4.69, 9.17) is 5.73 Å². The Labute approximate surface area is 96.3 Å². The minimum atomic E-state index is 0.171. The fourth-order valence-electron chi connectivity index (χ4n) is 2.81. The average Bonchev–Trinajstić information content (AvgIpc) is 2.74. The highest BCUT2D eigenvalue weighted by Gasteiger charge is 2.17. The Kier molecular flexibility index (Phi) is 2.22. The van der Waals surface area contributed by atoms with Gasteiger partial charge in [-0.25, -0.2) is 0 Å². The van der Waals surface area contributed by atoms with E-state index in [9.17, 15) is 0 Å². The van der Waals surface area contributed by atoms with E-state index in [1.165, 1.54) is 40.3 Å². The molecule has 0 heterocycles. The van der Waals surface area contributed by atoms with Crippen LogP contribution in [-0.2, 0) is 12.8 Å². The van der Waals surface area contributed by atoms with E-state index in [1.54, 1.807) is 0 Å². The summed E-state index contributed by atoms with van der Waals surface area (Å²) in [6.07, 6.45) is 3.38. The molecule has 1 aliphatic carbocycles. The number of nitrogens with two attached hydrogens (primary N) is 1. The predicted molar refractivity (Wildman–Crippen MR) is 68.6 cm³/mol. The number of rotatable bonds is 2. The number of hydrogen-bond acceptors (Lipinski definition) is 1. The van der Waals surface area contributed by atoms with E-state index < -0.39 is 0 Å². The van der Waals surface area contributed by atoms with Crippen molar-refractivity contribution in [1.82, 2.24) is 0 Å². The minimum Gasteiger partial charge on any atom is -0.324 e. The lowest BCUT2D eigenvalue weighted by Gasteiger charge is -2.14. The third-order valence-corrected chi connectivity index (χ3v) is 3.75. The molecule has 0 aliphatic heterocycles. The lowest BCUT2D eigenvalue weighted by atomic mass is 9.95. The van der Waals surface area contributed by atoms with Gasteiger partial charge in [-0.3, -0.25) is 0 Å². The van der Waals surface area contributed by atoms with Crippen LogP contribution >= 0.6 is 0 Å². The maximum absolute atomic E-state index is 6.18. The van der Waals surface area contributed by atoms with Crippen LogP contribution in [0.3, 0.4) is 0 Å². The molecule has 0 fully saturated rings. The highest BCUT2D eigenvalue weighted by Crippen LogP contribution is 2.34. The van der Waals surface area contributed by atoms with Gasteiger partial charge in [0.25, 0.3) is 0 Å². The molecule has 0 amide bonds. The minimum absolute atomic E-state index is 0.171. The highest BCUT2D eigenvalue weighted by atomic mass is 14.6. The Morgan fingerprint density at radius 1 is 1.12 bits per heavy atom. The smallest absolute Gasteiger partial charge is 0.0298 e. The van der Waals surface area contributed by atoms with Crippen molar-refractivity contribution in [1.29, 1.82) is 0 Å². The number of benzene rings is 2. The Morgan fingerprint density at radius 3 is 2.62 bits per heavy atom. The van der Waals surface area contributed by atoms with Crippen molar-refractivity contribution < 1.29 is 0 Å². The van der Waals surface area contributed by atoms with Crippen molar-refractivity contribution in [2.75, 3.05) is 0 Å². The summed E-state index contributed by atoms with van der Waals surface area (Å²) < 4.78 is 0. The first-order valence-corrected chi connectivity index (χ1v) is 6.10. The Bertz CT molecular complexity index is 532. The monoisotopic (exact) mass is 211 g/mol. The molecule has 2 aromatic carbocycles. The number of aryl methyl sites for hydroxylation is 2. The third kappa shape index (κ3) is 1.28. The summed E-state index contributed by atoms with van der Waals surface area (Å²) in [5.74, 6) is 0. The molecule has 0 bridgehead atoms. The van der Waals surface area contributed by atoms with Crippen molar-refractivity contribution in [2.45, 2.75) is 32.2 Å². The zero-order valence-corrected chi connectivity index (χ0v) is 9.66. The second kappa shape index (κ2) is 3.60. The van der Waals surface area contributed by atoms with Crippen LogP contribution in [0, 0.1) is 0 Å². The van der Waals surface area contributed by atoms with E-state index in [0.29, 0.717) is 0 Å². The van der Waals surface area contributed by atoms with E-state index in [2.05, 4.69) is 37.3 Å². The van der Waals surface area contributed by atoms with Crippen LogP contribution in [0.1, 0.15) is 36.1 Å². The first kappa shape index (κ1) is 9.86. The quantitative estimate of drug-likeness (QED) is 0.810. The van der Waals surface area contributed by atoms with Crippen LogP contribution < -0.4 is 5.73 Å². The molecule has 1 heteroatoms. The number of hydrogen-bond donors (Lipinski definition) is 1. The molecule has 3 rings (SSSR count). The fraction of sp³-hybridized carbons (Fsp3) is 0.333. The first-order valence-electron chi connectivity index (χ1n) is 6.10. The fourth-order valence-corrected chi connectivity index (χ4v) is 2.81. The van der Waals surface area contributed by atoms with Crippen LogP contribution in [0.25, 0.3) is 10.8 Å². The standard InChI is InChI=1S/C15H17N/c1-2-14(16)12-9-8-11-7-6-10-4-3-5-13(12)15(10)11/h3-5,8-9,14H,2,6-7,16H2,1H3. The van der Waals surface area contributed by atoms with Crippen molar-refractivity contribution in [3.63, 3.8) is 0 Å². The van der Waals surface area contributed by atoms with Crippen LogP contribution in [0.2, 0.25) is 0 Å². The third-order valence-electron chi connectivity index (χ3n) is 3.75. The molecule has 1 aliphatic rings. The van der Waals surface area contributed by atoms with Crippen molar-refractivity contribution in [3.8, 4) is 0 Å². The van der Waals surface area contributed by atoms with Crippen molar-refractivity contribution in [2.24, 2.45) is 5.73 Å². The zero-order chi connectivity index (χ0) is 11.1. The van der Waals surface area contributed by atoms with Crippen LogP contribution in [-0.4, -0.2) is 0 Å². The molecule has 0 saturated heterocycles. The normalized spacial score (nSPS) is 15.6. The van der Waals surface area contributed by atoms with Gasteiger partial charge in [-0.05, 0) is 46.7 Å². The molecule has 2 aromatic rings. The van der Waals surface area contributed by atoms with Gasteiger partial charge in [-0.1, -0.05) is 37.3 Å². The largest absolute Gasteiger partial charge is 0.324 e. The van der Waals surface area contributed by atoms with Crippen molar-refractivity contribution in [3.05, 3.63) is 47.0 Å². The van der Waals surface area contributed by atoms with Gasteiger partial charge in [0.15, 0.2) is 0 Å². The van der Waals surface area contributed by atoms with Gasteiger partial charge in [0, 0.05) is 6.04 Å². The molecule has 2 N–H and O–H groups in total. The average molecular weight is 211 g/mol. The van der Waals surface area contributed by atoms with Gasteiger partial charge in [-0.15, -0.1) is 0 Å². The predicted octanol–water partition coefficient (Wildman–Crippen LogP) is 3.35. The van der Waals surface area contributed by atoms with Crippen LogP contribution in [0.5, 0.6) is 0 Å². The van der Waals surface area contributed by atoms with Gasteiger partial charge in [-0.2, -0.15) is 0 Å². The molecular formula is C15H17N. The molecule has 82 valence electrons. The molecular weight excluding hydrogens is 194 g/mol. The Morgan fingerprint density at radius 2 is 1.88 bits per heavy atom. The maximum atomic E-state index is 6.18. The molecule has 0 radical (unpaired) electrons. The zero-order valence-electron chi connectivity index (χ0n) is 9.66. The van der Waals surface area contributed by atoms with E-state index >= 15 is 0 Å². The molecule has 0 saturated carbocycles. The molecule has 1 unspecified atom stereocenters. The van der Waals surface area contributed by atoms with Gasteiger partial charge in [0.1, 0.15) is 0 Å². The first-order chi connectivity index (χ1) is 7.81. The summed E-state index contributed by atoms with van der Waals surface area (Å²) in [6, 6.07) is 11.3. The topological polar surface area (TPSA) is 26.0 Å². The summed E-state index contributed by atoms with van der Waals surface area (Å²) in [5.41, 5.74) is 10.5. The SMILES string of the molecule is CCC(N)c1ccc2c3c(cccc13)CC2. The molecule has 1 atom stereocenters. The summed E-state index contributed by atoms with van der Waals surface area (Å²) >= 11 is 0. The second-order valence-electron chi connectivity index (χ2n) is 4.67. The highest BCUT2D eigenvalue weighted by molar-refractivity contribution is 5.93. The lowest BCUT2D eigenvalue weighted by molar-refractivity contribution is 0.704. The summed E-state index contributed by atoms with van der Waals surface area (Å²) in [7, 11) is 0. The van der Waals surface area contributed by atoms with Gasteiger partial charge >= 0.3 is 0 Å². The molecule has 16 heavy (non-hydrogen) atoms. The van der Waals surface area contributed by atoms with Gasteiger partial charge in [0.2, 0.25) is 0 Å². The van der Waals surface area contributed by atoms with Gasteiger partial charge in [0.05, 0.1) is 0 Å². The van der Waals surface area contributed by atoms with Gasteiger partial charge < -0.3 is 5.73 Å². The van der Waals surface area contributed by atoms with E-state index in [1.807, 2.05) is 0 Å². The second-order valence-corrected chi connectivity index (χ2v) is 4.67.